The maximum atomic E-state index is 5.45. The van der Waals surface area contributed by atoms with E-state index in [1.165, 1.54) is 24.8 Å². The molecule has 1 aliphatic carbocycles. The zero-order valence-electron chi connectivity index (χ0n) is 9.37. The average Bonchev–Trinajstić information content (AvgIpc) is 2.27. The molecule has 80 valence electrons. The Balaban J connectivity index is 2.31. The second-order valence-corrected chi connectivity index (χ2v) is 4.39. The molecule has 1 unspecified atom stereocenters. The number of aryl methyl sites for hydroxylation is 1. The maximum absolute atomic E-state index is 5.45. The van der Waals surface area contributed by atoms with E-state index in [9.17, 15) is 0 Å². The van der Waals surface area contributed by atoms with Crippen LogP contribution in [0.1, 0.15) is 42.4 Å². The summed E-state index contributed by atoms with van der Waals surface area (Å²) >= 11 is 0. The highest BCUT2D eigenvalue weighted by Gasteiger charge is 2.15. The van der Waals surface area contributed by atoms with Crippen LogP contribution in [-0.2, 0) is 6.42 Å². The van der Waals surface area contributed by atoms with Crippen molar-refractivity contribution in [1.29, 1.82) is 0 Å². The van der Waals surface area contributed by atoms with Crippen LogP contribution < -0.4 is 5.73 Å². The lowest BCUT2D eigenvalue weighted by Gasteiger charge is -2.22. The molecule has 0 fully saturated rings. The molecule has 1 aliphatic rings. The zero-order chi connectivity index (χ0) is 10.7. The van der Waals surface area contributed by atoms with E-state index in [4.69, 9.17) is 5.73 Å². The minimum Gasteiger partial charge on any atom is -0.327 e. The molecule has 0 aromatic heterocycles. The Morgan fingerprint density at radius 2 is 2.33 bits per heavy atom. The molecule has 0 spiro atoms. The number of fused-ring (bicyclic) bond motifs is 1. The first-order chi connectivity index (χ1) is 7.31. The predicted octanol–water partition coefficient (Wildman–Crippen LogP) is 3.10. The van der Waals surface area contributed by atoms with Crippen LogP contribution in [0.3, 0.4) is 0 Å². The topological polar surface area (TPSA) is 26.0 Å². The van der Waals surface area contributed by atoms with Crippen LogP contribution in [0.5, 0.6) is 0 Å². The number of hydrogen-bond donors (Lipinski definition) is 1. The summed E-state index contributed by atoms with van der Waals surface area (Å²) in [6.07, 6.45) is 8.04. The summed E-state index contributed by atoms with van der Waals surface area (Å²) in [7, 11) is 0. The molecule has 0 saturated carbocycles. The van der Waals surface area contributed by atoms with Crippen LogP contribution in [0.15, 0.2) is 24.3 Å². The van der Waals surface area contributed by atoms with Crippen molar-refractivity contribution in [2.24, 2.45) is 5.73 Å². The monoisotopic (exact) mass is 201 g/mol. The molecule has 1 aromatic rings. The summed E-state index contributed by atoms with van der Waals surface area (Å²) in [6.45, 7) is 2.95. The summed E-state index contributed by atoms with van der Waals surface area (Å²) in [5.41, 5.74) is 9.82. The molecule has 1 aromatic carbocycles. The van der Waals surface area contributed by atoms with Gasteiger partial charge in [0, 0.05) is 6.54 Å². The van der Waals surface area contributed by atoms with Crippen LogP contribution in [-0.4, -0.2) is 6.54 Å². The molecule has 0 saturated heterocycles. The fourth-order valence-corrected chi connectivity index (χ4v) is 2.36. The van der Waals surface area contributed by atoms with Crippen LogP contribution in [0.25, 0.3) is 6.08 Å². The third-order valence-electron chi connectivity index (χ3n) is 3.23. The zero-order valence-corrected chi connectivity index (χ0v) is 9.37. The third kappa shape index (κ3) is 2.29. The lowest BCUT2D eigenvalue weighted by atomic mass is 9.83. The van der Waals surface area contributed by atoms with E-state index in [0.717, 1.165) is 5.92 Å². The second kappa shape index (κ2) is 4.63. The van der Waals surface area contributed by atoms with Crippen molar-refractivity contribution in [2.75, 3.05) is 6.54 Å². The van der Waals surface area contributed by atoms with Crippen LogP contribution >= 0.6 is 0 Å². The molecule has 1 heteroatoms. The summed E-state index contributed by atoms with van der Waals surface area (Å²) in [6, 6.07) is 6.80. The molecular formula is C14H19N. The molecule has 2 N–H and O–H groups in total. The van der Waals surface area contributed by atoms with Gasteiger partial charge in [-0.2, -0.15) is 0 Å². The Bertz CT molecular complexity index is 366. The maximum Gasteiger partial charge on any atom is 0.0110 e. The molecule has 15 heavy (non-hydrogen) atoms. The van der Waals surface area contributed by atoms with Gasteiger partial charge in [-0.05, 0) is 41.9 Å². The van der Waals surface area contributed by atoms with Crippen molar-refractivity contribution in [1.82, 2.24) is 0 Å². The lowest BCUT2D eigenvalue weighted by molar-refractivity contribution is 0.590. The van der Waals surface area contributed by atoms with Gasteiger partial charge in [0.15, 0.2) is 0 Å². The molecule has 0 radical (unpaired) electrons. The fraction of sp³-hybridized carbons (Fsp3) is 0.429. The van der Waals surface area contributed by atoms with Gasteiger partial charge >= 0.3 is 0 Å². The average molecular weight is 201 g/mol. The highest BCUT2D eigenvalue weighted by molar-refractivity contribution is 5.53. The summed E-state index contributed by atoms with van der Waals surface area (Å²) in [5, 5.41) is 0. The minimum atomic E-state index is 0.618. The first-order valence-electron chi connectivity index (χ1n) is 5.80. The predicted molar refractivity (Wildman–Crippen MR) is 65.9 cm³/mol. The number of nitrogens with two attached hydrogens (primary N) is 1. The van der Waals surface area contributed by atoms with Gasteiger partial charge in [0.25, 0.3) is 0 Å². The van der Waals surface area contributed by atoms with E-state index >= 15 is 0 Å². The Labute approximate surface area is 92.0 Å². The normalized spacial score (nSPS) is 20.5. The largest absolute Gasteiger partial charge is 0.327 e. The van der Waals surface area contributed by atoms with E-state index in [0.29, 0.717) is 6.54 Å². The molecule has 0 aliphatic heterocycles. The van der Waals surface area contributed by atoms with Gasteiger partial charge in [-0.1, -0.05) is 37.3 Å². The molecule has 1 nitrogen and oxygen atoms in total. The van der Waals surface area contributed by atoms with E-state index in [2.05, 4.69) is 31.2 Å². The van der Waals surface area contributed by atoms with Crippen LogP contribution in [0.4, 0.5) is 0 Å². The lowest BCUT2D eigenvalue weighted by Crippen LogP contribution is -2.06. The summed E-state index contributed by atoms with van der Waals surface area (Å²) in [5.74, 6) is 0.722. The van der Waals surface area contributed by atoms with Gasteiger partial charge in [-0.25, -0.2) is 0 Å². The van der Waals surface area contributed by atoms with E-state index in [1.807, 2.05) is 6.08 Å². The first kappa shape index (κ1) is 10.4. The number of hydrogen-bond acceptors (Lipinski definition) is 1. The highest BCUT2D eigenvalue weighted by Crippen LogP contribution is 2.31. The Hall–Kier alpha value is -1.08. The van der Waals surface area contributed by atoms with E-state index in [1.54, 1.807) is 11.1 Å². The molecule has 0 amide bonds. The van der Waals surface area contributed by atoms with Gasteiger partial charge in [0.05, 0.1) is 0 Å². The minimum absolute atomic E-state index is 0.618. The van der Waals surface area contributed by atoms with Gasteiger partial charge in [-0.3, -0.25) is 0 Å². The van der Waals surface area contributed by atoms with E-state index in [-0.39, 0.29) is 0 Å². The number of rotatable bonds is 2. The van der Waals surface area contributed by atoms with Crippen molar-refractivity contribution < 1.29 is 0 Å². The molecule has 2 rings (SSSR count). The highest BCUT2D eigenvalue weighted by atomic mass is 14.5. The van der Waals surface area contributed by atoms with Crippen molar-refractivity contribution in [3.8, 4) is 0 Å². The van der Waals surface area contributed by atoms with Gasteiger partial charge < -0.3 is 5.73 Å². The van der Waals surface area contributed by atoms with Crippen LogP contribution in [0.2, 0.25) is 0 Å². The fourth-order valence-electron chi connectivity index (χ4n) is 2.36. The Morgan fingerprint density at radius 3 is 3.13 bits per heavy atom. The standard InChI is InChI=1S/C14H19N/c1-11-4-2-6-13-8-7-12(5-3-9-15)10-14(11)13/h3,5,7-8,10-11H,2,4,6,9,15H2,1H3/b5-3+. The smallest absolute Gasteiger partial charge is 0.0110 e. The molecule has 0 heterocycles. The van der Waals surface area contributed by atoms with E-state index < -0.39 is 0 Å². The van der Waals surface area contributed by atoms with Gasteiger partial charge in [0.1, 0.15) is 0 Å². The summed E-state index contributed by atoms with van der Waals surface area (Å²) < 4.78 is 0. The van der Waals surface area contributed by atoms with Crippen molar-refractivity contribution in [3.63, 3.8) is 0 Å². The quantitative estimate of drug-likeness (QED) is 0.781. The van der Waals surface area contributed by atoms with Gasteiger partial charge in [0.2, 0.25) is 0 Å². The van der Waals surface area contributed by atoms with Gasteiger partial charge in [-0.15, -0.1) is 0 Å². The van der Waals surface area contributed by atoms with Crippen molar-refractivity contribution in [3.05, 3.63) is 41.0 Å². The van der Waals surface area contributed by atoms with Crippen molar-refractivity contribution >= 4 is 6.08 Å². The SMILES string of the molecule is CC1CCCc2ccc(/C=C/CN)cc21. The Kier molecular flexibility index (Phi) is 3.22. The molecular weight excluding hydrogens is 182 g/mol. The molecule has 1 atom stereocenters. The second-order valence-electron chi connectivity index (χ2n) is 4.39. The first-order valence-corrected chi connectivity index (χ1v) is 5.80. The van der Waals surface area contributed by atoms with Crippen LogP contribution in [0, 0.1) is 0 Å². The van der Waals surface area contributed by atoms with Crippen molar-refractivity contribution in [2.45, 2.75) is 32.1 Å². The number of benzene rings is 1. The Morgan fingerprint density at radius 1 is 1.47 bits per heavy atom. The molecule has 0 bridgehead atoms. The third-order valence-corrected chi connectivity index (χ3v) is 3.23. The summed E-state index contributed by atoms with van der Waals surface area (Å²) in [4.78, 5) is 0.